The largest absolute Gasteiger partial charge is 0.463 e. The monoisotopic (exact) mass is 186 g/mol. The first-order valence-corrected chi connectivity index (χ1v) is 4.25. The van der Waals surface area contributed by atoms with E-state index in [-0.39, 0.29) is 25.0 Å². The Labute approximate surface area is 77.5 Å². The molecule has 1 aliphatic heterocycles. The molecule has 0 spiro atoms. The van der Waals surface area contributed by atoms with Crippen LogP contribution in [0.25, 0.3) is 0 Å². The third-order valence-corrected chi connectivity index (χ3v) is 1.60. The number of carbonyl (C=O) groups is 1. The van der Waals surface area contributed by atoms with Crippen LogP contribution >= 0.6 is 0 Å². The summed E-state index contributed by atoms with van der Waals surface area (Å²) < 4.78 is 15.4. The van der Waals surface area contributed by atoms with Gasteiger partial charge in [-0.05, 0) is 13.0 Å². The van der Waals surface area contributed by atoms with Crippen LogP contribution in [0.15, 0.2) is 12.2 Å². The minimum atomic E-state index is -0.293. The number of rotatable bonds is 3. The number of carbonyl (C=O) groups excluding carboxylic acids is 1. The van der Waals surface area contributed by atoms with Crippen LogP contribution in [0.1, 0.15) is 13.8 Å². The Morgan fingerprint density at radius 1 is 1.69 bits per heavy atom. The highest BCUT2D eigenvalue weighted by molar-refractivity contribution is 5.65. The number of esters is 1. The maximum atomic E-state index is 10.5. The Hall–Kier alpha value is -0.870. The van der Waals surface area contributed by atoms with E-state index in [2.05, 4.69) is 0 Å². The second kappa shape index (κ2) is 4.99. The first-order valence-electron chi connectivity index (χ1n) is 4.25. The molecule has 0 aromatic rings. The van der Waals surface area contributed by atoms with Crippen molar-refractivity contribution in [3.05, 3.63) is 12.2 Å². The van der Waals surface area contributed by atoms with Crippen molar-refractivity contribution in [3.63, 3.8) is 0 Å². The zero-order chi connectivity index (χ0) is 9.68. The lowest BCUT2D eigenvalue weighted by molar-refractivity contribution is -0.144. The molecule has 0 bridgehead atoms. The molecule has 1 heterocycles. The topological polar surface area (TPSA) is 44.8 Å². The van der Waals surface area contributed by atoms with Gasteiger partial charge in [-0.2, -0.15) is 0 Å². The van der Waals surface area contributed by atoms with E-state index >= 15 is 0 Å². The highest BCUT2D eigenvalue weighted by atomic mass is 16.7. The van der Waals surface area contributed by atoms with Crippen LogP contribution in [0.3, 0.4) is 0 Å². The van der Waals surface area contributed by atoms with E-state index in [1.807, 2.05) is 19.1 Å². The first-order chi connectivity index (χ1) is 6.22. The molecule has 0 aromatic carbocycles. The summed E-state index contributed by atoms with van der Waals surface area (Å²) in [6.07, 6.45) is 3.25. The van der Waals surface area contributed by atoms with Gasteiger partial charge in [0.25, 0.3) is 0 Å². The molecule has 0 aliphatic carbocycles. The van der Waals surface area contributed by atoms with E-state index in [0.717, 1.165) is 0 Å². The van der Waals surface area contributed by atoms with E-state index in [0.29, 0.717) is 6.61 Å². The lowest BCUT2D eigenvalue weighted by atomic mass is 10.4. The molecule has 0 unspecified atom stereocenters. The lowest BCUT2D eigenvalue weighted by Crippen LogP contribution is -2.20. The van der Waals surface area contributed by atoms with Gasteiger partial charge in [-0.3, -0.25) is 4.79 Å². The molecule has 0 amide bonds. The smallest absolute Gasteiger partial charge is 0.302 e. The molecule has 4 heteroatoms. The molecule has 1 fully saturated rings. The summed E-state index contributed by atoms with van der Waals surface area (Å²) in [6, 6.07) is 0. The second-order valence-electron chi connectivity index (χ2n) is 2.79. The fourth-order valence-electron chi connectivity index (χ4n) is 1.03. The number of hydrogen-bond donors (Lipinski definition) is 0. The standard InChI is InChI=1S/C9H14O4/c1-3-4-9-12-6-8(13-9)5-11-7(2)10/h3-4,8-9H,5-6H2,1-2H3/b4-3+/t8-,9+/m0/s1. The molecule has 1 aliphatic rings. The maximum Gasteiger partial charge on any atom is 0.302 e. The molecular weight excluding hydrogens is 172 g/mol. The van der Waals surface area contributed by atoms with Gasteiger partial charge in [0.2, 0.25) is 0 Å². The van der Waals surface area contributed by atoms with Crippen molar-refractivity contribution in [2.75, 3.05) is 13.2 Å². The highest BCUT2D eigenvalue weighted by Crippen LogP contribution is 2.12. The average molecular weight is 186 g/mol. The maximum absolute atomic E-state index is 10.5. The van der Waals surface area contributed by atoms with Crippen LogP contribution in [0.4, 0.5) is 0 Å². The van der Waals surface area contributed by atoms with Crippen LogP contribution in [0, 0.1) is 0 Å². The molecule has 13 heavy (non-hydrogen) atoms. The highest BCUT2D eigenvalue weighted by Gasteiger charge is 2.24. The van der Waals surface area contributed by atoms with Crippen LogP contribution in [-0.4, -0.2) is 31.6 Å². The van der Waals surface area contributed by atoms with E-state index in [1.165, 1.54) is 6.92 Å². The van der Waals surface area contributed by atoms with E-state index in [9.17, 15) is 4.79 Å². The minimum Gasteiger partial charge on any atom is -0.463 e. The summed E-state index contributed by atoms with van der Waals surface area (Å²) in [5.41, 5.74) is 0. The summed E-state index contributed by atoms with van der Waals surface area (Å²) in [6.45, 7) is 4.01. The molecule has 4 nitrogen and oxygen atoms in total. The molecule has 0 radical (unpaired) electrons. The fourth-order valence-corrected chi connectivity index (χ4v) is 1.03. The quantitative estimate of drug-likeness (QED) is 0.484. The van der Waals surface area contributed by atoms with E-state index in [1.54, 1.807) is 0 Å². The lowest BCUT2D eigenvalue weighted by Gasteiger charge is -2.07. The summed E-state index contributed by atoms with van der Waals surface area (Å²) >= 11 is 0. The Kier molecular flexibility index (Phi) is 3.92. The van der Waals surface area contributed by atoms with Gasteiger partial charge in [-0.1, -0.05) is 6.08 Å². The van der Waals surface area contributed by atoms with Gasteiger partial charge in [0.1, 0.15) is 12.7 Å². The average Bonchev–Trinajstić information content (AvgIpc) is 2.50. The molecule has 0 aromatic heterocycles. The Morgan fingerprint density at radius 2 is 2.46 bits per heavy atom. The zero-order valence-electron chi connectivity index (χ0n) is 7.86. The van der Waals surface area contributed by atoms with Crippen molar-refractivity contribution < 1.29 is 19.0 Å². The van der Waals surface area contributed by atoms with Crippen LogP contribution < -0.4 is 0 Å². The molecule has 1 rings (SSSR count). The van der Waals surface area contributed by atoms with Crippen molar-refractivity contribution in [1.29, 1.82) is 0 Å². The summed E-state index contributed by atoms with van der Waals surface area (Å²) in [5.74, 6) is -0.293. The van der Waals surface area contributed by atoms with Crippen molar-refractivity contribution in [2.45, 2.75) is 26.2 Å². The molecular formula is C9H14O4. The fraction of sp³-hybridized carbons (Fsp3) is 0.667. The van der Waals surface area contributed by atoms with Gasteiger partial charge in [0.15, 0.2) is 6.29 Å². The van der Waals surface area contributed by atoms with Crippen molar-refractivity contribution in [3.8, 4) is 0 Å². The van der Waals surface area contributed by atoms with Gasteiger partial charge < -0.3 is 14.2 Å². The summed E-state index contributed by atoms with van der Waals surface area (Å²) in [7, 11) is 0. The number of hydrogen-bond acceptors (Lipinski definition) is 4. The van der Waals surface area contributed by atoms with Crippen LogP contribution in [0.2, 0.25) is 0 Å². The van der Waals surface area contributed by atoms with Crippen LogP contribution in [0.5, 0.6) is 0 Å². The van der Waals surface area contributed by atoms with E-state index < -0.39 is 0 Å². The van der Waals surface area contributed by atoms with Crippen molar-refractivity contribution >= 4 is 5.97 Å². The van der Waals surface area contributed by atoms with E-state index in [4.69, 9.17) is 14.2 Å². The molecule has 74 valence electrons. The Morgan fingerprint density at radius 3 is 3.08 bits per heavy atom. The molecule has 2 atom stereocenters. The molecule has 1 saturated heterocycles. The third-order valence-electron chi connectivity index (χ3n) is 1.60. The summed E-state index contributed by atoms with van der Waals surface area (Å²) in [5, 5.41) is 0. The minimum absolute atomic E-state index is 0.134. The Bertz CT molecular complexity index is 200. The molecule has 0 N–H and O–H groups in total. The van der Waals surface area contributed by atoms with Gasteiger partial charge in [-0.25, -0.2) is 0 Å². The SMILES string of the molecule is C/C=C/[C@@H]1OC[C@H](COC(C)=O)O1. The van der Waals surface area contributed by atoms with Crippen LogP contribution in [-0.2, 0) is 19.0 Å². The van der Waals surface area contributed by atoms with Crippen molar-refractivity contribution in [1.82, 2.24) is 0 Å². The first kappa shape index (κ1) is 10.2. The van der Waals surface area contributed by atoms with Gasteiger partial charge >= 0.3 is 5.97 Å². The number of allylic oxidation sites excluding steroid dienone is 1. The third kappa shape index (κ3) is 3.57. The van der Waals surface area contributed by atoms with Gasteiger partial charge in [0.05, 0.1) is 6.61 Å². The second-order valence-corrected chi connectivity index (χ2v) is 2.79. The predicted octanol–water partition coefficient (Wildman–Crippen LogP) is 0.867. The predicted molar refractivity (Wildman–Crippen MR) is 46.1 cm³/mol. The molecule has 0 saturated carbocycles. The van der Waals surface area contributed by atoms with Gasteiger partial charge in [0, 0.05) is 6.92 Å². The Balaban J connectivity index is 2.21. The van der Waals surface area contributed by atoms with Gasteiger partial charge in [-0.15, -0.1) is 0 Å². The zero-order valence-corrected chi connectivity index (χ0v) is 7.86. The number of ether oxygens (including phenoxy) is 3. The summed E-state index contributed by atoms with van der Waals surface area (Å²) in [4.78, 5) is 10.5. The normalized spacial score (nSPS) is 28.2. The van der Waals surface area contributed by atoms with Crippen molar-refractivity contribution in [2.24, 2.45) is 0 Å².